The minimum atomic E-state index is -0.492. The summed E-state index contributed by atoms with van der Waals surface area (Å²) in [6.07, 6.45) is 2.77. The van der Waals surface area contributed by atoms with E-state index < -0.39 is 5.60 Å². The number of rotatable bonds is 3. The molecule has 0 saturated carbocycles. The molecule has 0 spiro atoms. The monoisotopic (exact) mass is 404 g/mol. The molecule has 2 heterocycles. The molecule has 1 aromatic carbocycles. The van der Waals surface area contributed by atoms with E-state index in [1.807, 2.05) is 39.0 Å². The number of hydrogen-bond acceptors (Lipinski definition) is 6. The molecule has 3 rings (SSSR count). The number of carbonyl (C=O) groups is 1. The molecule has 1 amide bonds. The van der Waals surface area contributed by atoms with Gasteiger partial charge in [-0.3, -0.25) is 0 Å². The van der Waals surface area contributed by atoms with Crippen LogP contribution in [0.15, 0.2) is 30.5 Å². The Bertz CT molecular complexity index is 846. The molecule has 0 unspecified atom stereocenters. The molecular formula is C20H25ClN4O3. The first-order valence-electron chi connectivity index (χ1n) is 9.24. The highest BCUT2D eigenvalue weighted by Crippen LogP contribution is 2.30. The van der Waals surface area contributed by atoms with Crippen LogP contribution in [0.5, 0.6) is 5.75 Å². The van der Waals surface area contributed by atoms with Crippen LogP contribution in [0.4, 0.5) is 10.5 Å². The fourth-order valence-corrected chi connectivity index (χ4v) is 3.12. The van der Waals surface area contributed by atoms with Gasteiger partial charge in [-0.05, 0) is 56.6 Å². The Labute approximate surface area is 169 Å². The van der Waals surface area contributed by atoms with Gasteiger partial charge in [0.2, 0.25) is 5.28 Å². The highest BCUT2D eigenvalue weighted by molar-refractivity contribution is 6.28. The van der Waals surface area contributed by atoms with Crippen molar-refractivity contribution < 1.29 is 14.3 Å². The van der Waals surface area contributed by atoms with Gasteiger partial charge in [0.25, 0.3) is 0 Å². The quantitative estimate of drug-likeness (QED) is 0.610. The molecule has 0 atom stereocenters. The highest BCUT2D eigenvalue weighted by Gasteiger charge is 2.27. The molecule has 1 saturated heterocycles. The van der Waals surface area contributed by atoms with E-state index in [0.717, 1.165) is 18.4 Å². The molecule has 7 nitrogen and oxygen atoms in total. The first kappa shape index (κ1) is 20.2. The summed E-state index contributed by atoms with van der Waals surface area (Å²) in [6, 6.07) is 7.30. The number of nitrogens with zero attached hydrogens (tertiary/aromatic N) is 3. The van der Waals surface area contributed by atoms with Crippen molar-refractivity contribution in [3.05, 3.63) is 35.7 Å². The van der Waals surface area contributed by atoms with Gasteiger partial charge in [0, 0.05) is 37.7 Å². The minimum absolute atomic E-state index is 0.000307. The maximum absolute atomic E-state index is 12.2. The maximum Gasteiger partial charge on any atom is 0.410 e. The van der Waals surface area contributed by atoms with Crippen LogP contribution in [-0.2, 0) is 4.74 Å². The number of amides is 1. The molecule has 1 aliphatic rings. The third-order valence-electron chi connectivity index (χ3n) is 4.32. The summed E-state index contributed by atoms with van der Waals surface area (Å²) < 4.78 is 11.5. The molecule has 1 aromatic heterocycles. The van der Waals surface area contributed by atoms with E-state index in [9.17, 15) is 4.79 Å². The molecule has 2 aromatic rings. The van der Waals surface area contributed by atoms with E-state index in [-0.39, 0.29) is 17.5 Å². The van der Waals surface area contributed by atoms with Crippen LogP contribution in [0.3, 0.4) is 0 Å². The fraction of sp³-hybridized carbons (Fsp3) is 0.450. The number of halogens is 1. The van der Waals surface area contributed by atoms with Crippen LogP contribution in [0.25, 0.3) is 11.3 Å². The molecule has 1 fully saturated rings. The molecular weight excluding hydrogens is 380 g/mol. The van der Waals surface area contributed by atoms with Gasteiger partial charge in [-0.15, -0.1) is 0 Å². The second kappa shape index (κ2) is 8.22. The van der Waals surface area contributed by atoms with E-state index >= 15 is 0 Å². The van der Waals surface area contributed by atoms with Crippen molar-refractivity contribution in [1.82, 2.24) is 14.9 Å². The third-order valence-corrected chi connectivity index (χ3v) is 4.50. The van der Waals surface area contributed by atoms with Gasteiger partial charge in [-0.25, -0.2) is 14.8 Å². The van der Waals surface area contributed by atoms with Crippen molar-refractivity contribution in [3.8, 4) is 17.0 Å². The van der Waals surface area contributed by atoms with Crippen molar-refractivity contribution in [2.75, 3.05) is 18.8 Å². The summed E-state index contributed by atoms with van der Waals surface area (Å²) in [4.78, 5) is 21.9. The average molecular weight is 405 g/mol. The molecule has 0 radical (unpaired) electrons. The summed E-state index contributed by atoms with van der Waals surface area (Å²) >= 11 is 5.85. The van der Waals surface area contributed by atoms with Crippen molar-refractivity contribution in [3.63, 3.8) is 0 Å². The van der Waals surface area contributed by atoms with Gasteiger partial charge < -0.3 is 20.1 Å². The van der Waals surface area contributed by atoms with Crippen LogP contribution in [0, 0.1) is 0 Å². The van der Waals surface area contributed by atoms with Crippen LogP contribution < -0.4 is 10.5 Å². The smallest absolute Gasteiger partial charge is 0.410 e. The Balaban J connectivity index is 1.59. The number of carbonyl (C=O) groups excluding carboxylic acids is 1. The summed E-state index contributed by atoms with van der Waals surface area (Å²) in [6.45, 7) is 6.78. The Kier molecular flexibility index (Phi) is 5.93. The van der Waals surface area contributed by atoms with Crippen molar-refractivity contribution in [1.29, 1.82) is 0 Å². The molecule has 150 valence electrons. The topological polar surface area (TPSA) is 90.6 Å². The normalized spacial score (nSPS) is 15.4. The zero-order valence-electron chi connectivity index (χ0n) is 16.3. The van der Waals surface area contributed by atoms with Gasteiger partial charge in [0.15, 0.2) is 0 Å². The lowest BCUT2D eigenvalue weighted by Crippen LogP contribution is -2.44. The summed E-state index contributed by atoms with van der Waals surface area (Å²) in [5.41, 5.74) is 7.75. The number of nitrogen functional groups attached to an aromatic ring is 1. The van der Waals surface area contributed by atoms with Gasteiger partial charge in [-0.1, -0.05) is 0 Å². The number of aromatic nitrogens is 2. The number of piperidine rings is 1. The highest BCUT2D eigenvalue weighted by atomic mass is 35.5. The minimum Gasteiger partial charge on any atom is -0.488 e. The van der Waals surface area contributed by atoms with Crippen LogP contribution >= 0.6 is 11.6 Å². The van der Waals surface area contributed by atoms with Crippen LogP contribution in [-0.4, -0.2) is 45.8 Å². The summed E-state index contributed by atoms with van der Waals surface area (Å²) in [5, 5.41) is 0.188. The maximum atomic E-state index is 12.2. The molecule has 0 aliphatic carbocycles. The van der Waals surface area contributed by atoms with E-state index in [1.165, 1.54) is 0 Å². The standard InChI is InChI=1S/C20H25ClN4O3/c1-20(2,3)28-19(26)25-10-7-14(8-11-25)27-17-5-4-13(12-15(17)22)16-6-9-23-18(21)24-16/h4-6,9,12,14H,7-8,10-11,22H2,1-3H3. The number of nitrogens with two attached hydrogens (primary N) is 1. The largest absolute Gasteiger partial charge is 0.488 e. The molecule has 1 aliphatic heterocycles. The van der Waals surface area contributed by atoms with Crippen LogP contribution in [0.2, 0.25) is 5.28 Å². The predicted octanol–water partition coefficient (Wildman–Crippen LogP) is 4.16. The number of benzene rings is 1. The number of hydrogen-bond donors (Lipinski definition) is 1. The second-order valence-corrected chi connectivity index (χ2v) is 8.09. The van der Waals surface area contributed by atoms with Crippen molar-refractivity contribution >= 4 is 23.4 Å². The van der Waals surface area contributed by atoms with Gasteiger partial charge >= 0.3 is 6.09 Å². The summed E-state index contributed by atoms with van der Waals surface area (Å²) in [7, 11) is 0. The Morgan fingerprint density at radius 2 is 1.96 bits per heavy atom. The summed E-state index contributed by atoms with van der Waals surface area (Å²) in [5.74, 6) is 0.625. The lowest BCUT2D eigenvalue weighted by molar-refractivity contribution is 0.0127. The second-order valence-electron chi connectivity index (χ2n) is 7.75. The molecule has 2 N–H and O–H groups in total. The fourth-order valence-electron chi connectivity index (χ4n) is 2.97. The van der Waals surface area contributed by atoms with Gasteiger partial charge in [0.1, 0.15) is 17.5 Å². The molecule has 8 heteroatoms. The van der Waals surface area contributed by atoms with E-state index in [1.54, 1.807) is 17.2 Å². The Morgan fingerprint density at radius 3 is 2.57 bits per heavy atom. The predicted molar refractivity (Wildman–Crippen MR) is 108 cm³/mol. The Hall–Kier alpha value is -2.54. The molecule has 0 bridgehead atoms. The third kappa shape index (κ3) is 5.25. The number of ether oxygens (including phenoxy) is 2. The van der Waals surface area contributed by atoms with Gasteiger partial charge in [-0.2, -0.15) is 0 Å². The first-order valence-corrected chi connectivity index (χ1v) is 9.62. The molecule has 28 heavy (non-hydrogen) atoms. The van der Waals surface area contributed by atoms with E-state index in [4.69, 9.17) is 26.8 Å². The Morgan fingerprint density at radius 1 is 1.25 bits per heavy atom. The average Bonchev–Trinajstić information content (AvgIpc) is 2.62. The number of likely N-dealkylation sites (tertiary alicyclic amines) is 1. The lowest BCUT2D eigenvalue weighted by Gasteiger charge is -2.33. The van der Waals surface area contributed by atoms with Gasteiger partial charge in [0.05, 0.1) is 11.4 Å². The SMILES string of the molecule is CC(C)(C)OC(=O)N1CCC(Oc2ccc(-c3ccnc(Cl)n3)cc2N)CC1. The van der Waals surface area contributed by atoms with Crippen molar-refractivity contribution in [2.45, 2.75) is 45.3 Å². The van der Waals surface area contributed by atoms with E-state index in [0.29, 0.717) is 30.2 Å². The lowest BCUT2D eigenvalue weighted by atomic mass is 10.1. The van der Waals surface area contributed by atoms with Crippen LogP contribution in [0.1, 0.15) is 33.6 Å². The zero-order valence-corrected chi connectivity index (χ0v) is 17.1. The van der Waals surface area contributed by atoms with Crippen molar-refractivity contribution in [2.24, 2.45) is 0 Å². The van der Waals surface area contributed by atoms with E-state index in [2.05, 4.69) is 9.97 Å². The number of anilines is 1. The first-order chi connectivity index (χ1) is 13.2. The zero-order chi connectivity index (χ0) is 20.3.